The van der Waals surface area contributed by atoms with E-state index in [4.69, 9.17) is 0 Å². The number of nitrogens with zero attached hydrogens (tertiary/aromatic N) is 2. The summed E-state index contributed by atoms with van der Waals surface area (Å²) in [5, 5.41) is 16.9. The van der Waals surface area contributed by atoms with E-state index in [-0.39, 0.29) is 5.69 Å². The number of nitro benzene ring substituents is 1. The molecule has 19 heavy (non-hydrogen) atoms. The van der Waals surface area contributed by atoms with Crippen LogP contribution in [-0.2, 0) is 0 Å². The molecule has 2 rings (SSSR count). The summed E-state index contributed by atoms with van der Waals surface area (Å²) in [5.41, 5.74) is 2.05. The van der Waals surface area contributed by atoms with Crippen molar-refractivity contribution >= 4 is 22.9 Å². The molecule has 0 spiro atoms. The van der Waals surface area contributed by atoms with Crippen LogP contribution in [0.5, 0.6) is 0 Å². The third-order valence-electron chi connectivity index (χ3n) is 2.65. The van der Waals surface area contributed by atoms with Gasteiger partial charge in [-0.1, -0.05) is 6.07 Å². The topological polar surface area (TPSA) is 80.1 Å². The predicted molar refractivity (Wildman–Crippen MR) is 74.9 cm³/mol. The fraction of sp³-hybridized carbons (Fsp3) is 0.154. The van der Waals surface area contributed by atoms with Crippen molar-refractivity contribution in [3.05, 3.63) is 52.2 Å². The first kappa shape index (κ1) is 12.8. The highest BCUT2D eigenvalue weighted by Crippen LogP contribution is 2.28. The maximum atomic E-state index is 11.0. The first-order valence-electron chi connectivity index (χ1n) is 5.76. The molecular weight excluding hydrogens is 244 g/mol. The lowest BCUT2D eigenvalue weighted by atomic mass is 10.2. The van der Waals surface area contributed by atoms with Crippen molar-refractivity contribution in [3.8, 4) is 0 Å². The Morgan fingerprint density at radius 3 is 2.63 bits per heavy atom. The van der Waals surface area contributed by atoms with Crippen molar-refractivity contribution in [1.82, 2.24) is 4.98 Å². The summed E-state index contributed by atoms with van der Waals surface area (Å²) < 4.78 is 0. The highest BCUT2D eigenvalue weighted by molar-refractivity contribution is 5.70. The van der Waals surface area contributed by atoms with Gasteiger partial charge in [0.1, 0.15) is 11.5 Å². The largest absolute Gasteiger partial charge is 0.373 e. The Hall–Kier alpha value is -2.63. The second-order valence-corrected chi connectivity index (χ2v) is 4.08. The van der Waals surface area contributed by atoms with Crippen molar-refractivity contribution in [2.75, 3.05) is 17.7 Å². The van der Waals surface area contributed by atoms with Gasteiger partial charge < -0.3 is 10.6 Å². The van der Waals surface area contributed by atoms with Gasteiger partial charge in [-0.25, -0.2) is 4.98 Å². The minimum atomic E-state index is -0.398. The molecule has 6 heteroatoms. The molecule has 2 N–H and O–H groups in total. The monoisotopic (exact) mass is 258 g/mol. The summed E-state index contributed by atoms with van der Waals surface area (Å²) in [6, 6.07) is 8.66. The van der Waals surface area contributed by atoms with E-state index in [0.717, 1.165) is 11.4 Å². The van der Waals surface area contributed by atoms with Crippen LogP contribution in [0.1, 0.15) is 5.56 Å². The lowest BCUT2D eigenvalue weighted by Crippen LogP contribution is -1.98. The van der Waals surface area contributed by atoms with Gasteiger partial charge >= 0.3 is 0 Å². The molecule has 0 saturated heterocycles. The molecule has 2 aromatic rings. The van der Waals surface area contributed by atoms with Crippen LogP contribution in [0.3, 0.4) is 0 Å². The number of nitrogens with one attached hydrogen (secondary N) is 2. The predicted octanol–water partition coefficient (Wildman–Crippen LogP) is 3.08. The van der Waals surface area contributed by atoms with Crippen LogP contribution in [0.15, 0.2) is 36.5 Å². The second-order valence-electron chi connectivity index (χ2n) is 4.08. The Bertz CT molecular complexity index is 596. The fourth-order valence-electron chi connectivity index (χ4n) is 1.67. The fourth-order valence-corrected chi connectivity index (χ4v) is 1.67. The SMILES string of the molecule is CNc1ccc(Nc2ccc(C)cc2[N+](=O)[O-])cn1. The van der Waals surface area contributed by atoms with E-state index in [1.807, 2.05) is 19.1 Å². The average molecular weight is 258 g/mol. The molecule has 0 bridgehead atoms. The zero-order chi connectivity index (χ0) is 13.8. The van der Waals surface area contributed by atoms with Gasteiger partial charge in [-0.15, -0.1) is 0 Å². The standard InChI is InChI=1S/C13H14N4O2/c1-9-3-5-11(12(7-9)17(18)19)16-10-4-6-13(14-2)15-8-10/h3-8,16H,1-2H3,(H,14,15). The number of anilines is 3. The summed E-state index contributed by atoms with van der Waals surface area (Å²) in [5.74, 6) is 0.740. The van der Waals surface area contributed by atoms with Crippen LogP contribution < -0.4 is 10.6 Å². The minimum Gasteiger partial charge on any atom is -0.373 e. The highest BCUT2D eigenvalue weighted by Gasteiger charge is 2.13. The third-order valence-corrected chi connectivity index (χ3v) is 2.65. The van der Waals surface area contributed by atoms with Gasteiger partial charge in [0.05, 0.1) is 16.8 Å². The van der Waals surface area contributed by atoms with E-state index in [1.165, 1.54) is 6.07 Å². The van der Waals surface area contributed by atoms with Crippen molar-refractivity contribution in [3.63, 3.8) is 0 Å². The number of pyridine rings is 1. The van der Waals surface area contributed by atoms with Gasteiger partial charge in [0.2, 0.25) is 0 Å². The number of aromatic nitrogens is 1. The van der Waals surface area contributed by atoms with Gasteiger partial charge in [-0.3, -0.25) is 10.1 Å². The molecule has 0 aliphatic rings. The molecule has 0 unspecified atom stereocenters. The minimum absolute atomic E-state index is 0.0534. The molecule has 1 heterocycles. The van der Waals surface area contributed by atoms with E-state index < -0.39 is 4.92 Å². The molecule has 0 fully saturated rings. The Labute approximate surface area is 110 Å². The van der Waals surface area contributed by atoms with Crippen molar-refractivity contribution < 1.29 is 4.92 Å². The lowest BCUT2D eigenvalue weighted by Gasteiger charge is -2.08. The van der Waals surface area contributed by atoms with E-state index in [1.54, 1.807) is 25.4 Å². The molecular formula is C13H14N4O2. The van der Waals surface area contributed by atoms with Gasteiger partial charge in [-0.05, 0) is 30.7 Å². The van der Waals surface area contributed by atoms with Gasteiger partial charge in [0, 0.05) is 13.1 Å². The molecule has 98 valence electrons. The Balaban J connectivity index is 2.29. The van der Waals surface area contributed by atoms with E-state index in [0.29, 0.717) is 11.4 Å². The maximum Gasteiger partial charge on any atom is 0.292 e. The smallest absolute Gasteiger partial charge is 0.292 e. The molecule has 6 nitrogen and oxygen atoms in total. The number of nitro groups is 1. The van der Waals surface area contributed by atoms with Gasteiger partial charge in [0.15, 0.2) is 0 Å². The Morgan fingerprint density at radius 1 is 1.26 bits per heavy atom. The lowest BCUT2D eigenvalue weighted by molar-refractivity contribution is -0.384. The van der Waals surface area contributed by atoms with Crippen LogP contribution >= 0.6 is 0 Å². The summed E-state index contributed by atoms with van der Waals surface area (Å²) in [6.07, 6.45) is 1.62. The maximum absolute atomic E-state index is 11.0. The molecule has 0 aliphatic carbocycles. The molecule has 1 aromatic carbocycles. The second kappa shape index (κ2) is 5.34. The van der Waals surface area contributed by atoms with Crippen LogP contribution in [-0.4, -0.2) is 17.0 Å². The number of aryl methyl sites for hydroxylation is 1. The quantitative estimate of drug-likeness (QED) is 0.650. The Kier molecular flexibility index (Phi) is 3.61. The van der Waals surface area contributed by atoms with E-state index >= 15 is 0 Å². The van der Waals surface area contributed by atoms with Crippen LogP contribution in [0.25, 0.3) is 0 Å². The number of hydrogen-bond donors (Lipinski definition) is 2. The van der Waals surface area contributed by atoms with Crippen molar-refractivity contribution in [1.29, 1.82) is 0 Å². The first-order valence-corrected chi connectivity index (χ1v) is 5.76. The van der Waals surface area contributed by atoms with Crippen LogP contribution in [0, 0.1) is 17.0 Å². The highest BCUT2D eigenvalue weighted by atomic mass is 16.6. The number of hydrogen-bond acceptors (Lipinski definition) is 5. The molecule has 0 amide bonds. The summed E-state index contributed by atoms with van der Waals surface area (Å²) in [6.45, 7) is 1.82. The number of rotatable bonds is 4. The first-order chi connectivity index (χ1) is 9.10. The van der Waals surface area contributed by atoms with Crippen molar-refractivity contribution in [2.45, 2.75) is 6.92 Å². The van der Waals surface area contributed by atoms with E-state index in [9.17, 15) is 10.1 Å². The zero-order valence-corrected chi connectivity index (χ0v) is 10.7. The van der Waals surface area contributed by atoms with E-state index in [2.05, 4.69) is 15.6 Å². The zero-order valence-electron chi connectivity index (χ0n) is 10.7. The van der Waals surface area contributed by atoms with Gasteiger partial charge in [0.25, 0.3) is 5.69 Å². The van der Waals surface area contributed by atoms with Crippen LogP contribution in [0.2, 0.25) is 0 Å². The molecule has 0 aliphatic heterocycles. The molecule has 1 aromatic heterocycles. The summed E-state index contributed by atoms with van der Waals surface area (Å²) >= 11 is 0. The number of benzene rings is 1. The van der Waals surface area contributed by atoms with Crippen LogP contribution in [0.4, 0.5) is 22.9 Å². The third kappa shape index (κ3) is 2.98. The molecule has 0 saturated carbocycles. The summed E-state index contributed by atoms with van der Waals surface area (Å²) in [7, 11) is 1.78. The normalized spacial score (nSPS) is 10.0. The van der Waals surface area contributed by atoms with Crippen molar-refractivity contribution in [2.24, 2.45) is 0 Å². The Morgan fingerprint density at radius 2 is 2.05 bits per heavy atom. The summed E-state index contributed by atoms with van der Waals surface area (Å²) in [4.78, 5) is 14.7. The van der Waals surface area contributed by atoms with Gasteiger partial charge in [-0.2, -0.15) is 0 Å². The molecule has 0 atom stereocenters. The average Bonchev–Trinajstić information content (AvgIpc) is 2.41. The molecule has 0 radical (unpaired) electrons.